The first-order valence-electron chi connectivity index (χ1n) is 5.72. The second-order valence-corrected chi connectivity index (χ2v) is 4.79. The molecule has 96 valence electrons. The molecule has 0 aliphatic carbocycles. The van der Waals surface area contributed by atoms with Gasteiger partial charge < -0.3 is 9.64 Å². The zero-order chi connectivity index (χ0) is 13.1. The Labute approximate surface area is 117 Å². The van der Waals surface area contributed by atoms with Gasteiger partial charge in [-0.05, 0) is 49.8 Å². The third-order valence-electron chi connectivity index (χ3n) is 2.75. The van der Waals surface area contributed by atoms with Gasteiger partial charge in [0.1, 0.15) is 12.4 Å². The summed E-state index contributed by atoms with van der Waals surface area (Å²) >= 11 is 11.0. The van der Waals surface area contributed by atoms with Gasteiger partial charge in [-0.15, -0.1) is 5.11 Å². The molecule has 0 amide bonds. The van der Waals surface area contributed by atoms with Gasteiger partial charge in [-0.2, -0.15) is 5.11 Å². The molecule has 1 unspecified atom stereocenters. The van der Waals surface area contributed by atoms with Gasteiger partial charge in [0.15, 0.2) is 6.17 Å². The van der Waals surface area contributed by atoms with E-state index in [1.54, 1.807) is 0 Å². The number of hydrogen-bond acceptors (Lipinski definition) is 3. The van der Waals surface area contributed by atoms with Crippen LogP contribution in [0.25, 0.3) is 0 Å². The highest BCUT2D eigenvalue weighted by atomic mass is 35.5. The maximum atomic E-state index is 5.89. The van der Waals surface area contributed by atoms with E-state index in [-0.39, 0.29) is 6.17 Å². The summed E-state index contributed by atoms with van der Waals surface area (Å²) in [6, 6.07) is 5.54. The minimum absolute atomic E-state index is 0.127. The standard InChI is InChI=1S/C12H14ClN3OS/c1-3-16-11(14-15-12(16)18)7-17-10-5-4-9(13)6-8(10)2/h4-6,11H,3,7H2,1-2H3. The summed E-state index contributed by atoms with van der Waals surface area (Å²) in [7, 11) is 0. The van der Waals surface area contributed by atoms with E-state index < -0.39 is 0 Å². The van der Waals surface area contributed by atoms with Crippen LogP contribution in [0, 0.1) is 6.92 Å². The van der Waals surface area contributed by atoms with Gasteiger partial charge in [0.25, 0.3) is 0 Å². The molecular weight excluding hydrogens is 270 g/mol. The normalized spacial score (nSPS) is 18.5. The first kappa shape index (κ1) is 13.2. The summed E-state index contributed by atoms with van der Waals surface area (Å²) in [5, 5.41) is 9.22. The summed E-state index contributed by atoms with van der Waals surface area (Å²) in [4.78, 5) is 1.93. The molecular formula is C12H14ClN3OS. The Bertz CT molecular complexity index is 492. The summed E-state index contributed by atoms with van der Waals surface area (Å²) in [6.07, 6.45) is -0.127. The zero-order valence-corrected chi connectivity index (χ0v) is 11.8. The molecule has 4 nitrogen and oxygen atoms in total. The van der Waals surface area contributed by atoms with E-state index in [1.807, 2.05) is 36.9 Å². The van der Waals surface area contributed by atoms with Crippen LogP contribution in [0.1, 0.15) is 12.5 Å². The molecule has 1 aromatic rings. The van der Waals surface area contributed by atoms with E-state index >= 15 is 0 Å². The first-order chi connectivity index (χ1) is 8.61. The van der Waals surface area contributed by atoms with Gasteiger partial charge in [0, 0.05) is 11.6 Å². The molecule has 1 aromatic carbocycles. The Kier molecular flexibility index (Phi) is 4.14. The van der Waals surface area contributed by atoms with Crippen LogP contribution in [0.4, 0.5) is 0 Å². The Balaban J connectivity index is 1.99. The number of likely N-dealkylation sites (N-methyl/N-ethyl adjacent to an activating group) is 1. The molecule has 0 spiro atoms. The molecule has 1 atom stereocenters. The van der Waals surface area contributed by atoms with Gasteiger partial charge in [0.05, 0.1) is 0 Å². The lowest BCUT2D eigenvalue weighted by Crippen LogP contribution is -2.36. The lowest BCUT2D eigenvalue weighted by Gasteiger charge is -2.21. The Morgan fingerprint density at radius 3 is 2.94 bits per heavy atom. The summed E-state index contributed by atoms with van der Waals surface area (Å²) in [5.41, 5.74) is 1.00. The van der Waals surface area contributed by atoms with Crippen molar-refractivity contribution in [2.24, 2.45) is 10.2 Å². The lowest BCUT2D eigenvalue weighted by atomic mass is 10.2. The zero-order valence-electron chi connectivity index (χ0n) is 10.3. The van der Waals surface area contributed by atoms with Crippen molar-refractivity contribution in [2.75, 3.05) is 13.2 Å². The average molecular weight is 284 g/mol. The van der Waals surface area contributed by atoms with E-state index in [1.165, 1.54) is 0 Å². The predicted molar refractivity (Wildman–Crippen MR) is 75.3 cm³/mol. The Morgan fingerprint density at radius 1 is 1.50 bits per heavy atom. The quantitative estimate of drug-likeness (QED) is 0.795. The van der Waals surface area contributed by atoms with Crippen LogP contribution in [-0.2, 0) is 0 Å². The number of azo groups is 1. The highest BCUT2D eigenvalue weighted by Gasteiger charge is 2.25. The summed E-state index contributed by atoms with van der Waals surface area (Å²) < 4.78 is 5.74. The third-order valence-corrected chi connectivity index (χ3v) is 3.30. The highest BCUT2D eigenvalue weighted by molar-refractivity contribution is 7.80. The predicted octanol–water partition coefficient (Wildman–Crippen LogP) is 3.43. The SMILES string of the molecule is CCN1C(=S)N=NC1COc1ccc(Cl)cc1C. The Hall–Kier alpha value is -1.20. The molecule has 2 rings (SSSR count). The van der Waals surface area contributed by atoms with Gasteiger partial charge in [-0.1, -0.05) is 11.6 Å². The number of aryl methyl sites for hydroxylation is 1. The van der Waals surface area contributed by atoms with Gasteiger partial charge in [-0.3, -0.25) is 0 Å². The molecule has 0 radical (unpaired) electrons. The fraction of sp³-hybridized carbons (Fsp3) is 0.417. The summed E-state index contributed by atoms with van der Waals surface area (Å²) in [5.74, 6) is 0.809. The monoisotopic (exact) mass is 283 g/mol. The maximum Gasteiger partial charge on any atom is 0.217 e. The lowest BCUT2D eigenvalue weighted by molar-refractivity contribution is 0.214. The van der Waals surface area contributed by atoms with E-state index in [4.69, 9.17) is 28.6 Å². The van der Waals surface area contributed by atoms with Crippen LogP contribution in [0.3, 0.4) is 0 Å². The van der Waals surface area contributed by atoms with Crippen LogP contribution in [0.2, 0.25) is 5.02 Å². The molecule has 0 N–H and O–H groups in total. The molecule has 0 aromatic heterocycles. The minimum atomic E-state index is -0.127. The molecule has 6 heteroatoms. The van der Waals surface area contributed by atoms with Crippen LogP contribution in [0.5, 0.6) is 5.75 Å². The largest absolute Gasteiger partial charge is 0.489 e. The van der Waals surface area contributed by atoms with E-state index in [0.29, 0.717) is 16.7 Å². The van der Waals surface area contributed by atoms with Crippen molar-refractivity contribution >= 4 is 28.9 Å². The van der Waals surface area contributed by atoms with Crippen LogP contribution >= 0.6 is 23.8 Å². The van der Waals surface area contributed by atoms with Gasteiger partial charge in [-0.25, -0.2) is 0 Å². The van der Waals surface area contributed by atoms with Crippen LogP contribution < -0.4 is 4.74 Å². The smallest absolute Gasteiger partial charge is 0.217 e. The number of halogens is 1. The number of thiocarbonyl (C=S) groups is 1. The van der Waals surface area contributed by atoms with Crippen molar-refractivity contribution < 1.29 is 4.74 Å². The van der Waals surface area contributed by atoms with Crippen molar-refractivity contribution in [1.29, 1.82) is 0 Å². The fourth-order valence-electron chi connectivity index (χ4n) is 1.77. The third kappa shape index (κ3) is 2.79. The van der Waals surface area contributed by atoms with E-state index in [0.717, 1.165) is 17.9 Å². The van der Waals surface area contributed by atoms with Crippen molar-refractivity contribution in [1.82, 2.24) is 4.90 Å². The summed E-state index contributed by atoms with van der Waals surface area (Å²) in [6.45, 7) is 5.18. The molecule has 0 bridgehead atoms. The molecule has 0 saturated carbocycles. The molecule has 0 fully saturated rings. The minimum Gasteiger partial charge on any atom is -0.489 e. The van der Waals surface area contributed by atoms with Crippen LogP contribution in [-0.4, -0.2) is 29.3 Å². The van der Waals surface area contributed by atoms with Crippen LogP contribution in [0.15, 0.2) is 28.4 Å². The average Bonchev–Trinajstić information content (AvgIpc) is 2.69. The number of hydrogen-bond donors (Lipinski definition) is 0. The van der Waals surface area contributed by atoms with Crippen molar-refractivity contribution in [3.8, 4) is 5.75 Å². The number of benzene rings is 1. The first-order valence-corrected chi connectivity index (χ1v) is 6.51. The van der Waals surface area contributed by atoms with Crippen molar-refractivity contribution in [2.45, 2.75) is 20.0 Å². The van der Waals surface area contributed by atoms with E-state index in [9.17, 15) is 0 Å². The molecule has 18 heavy (non-hydrogen) atoms. The number of rotatable bonds is 4. The van der Waals surface area contributed by atoms with Crippen molar-refractivity contribution in [3.05, 3.63) is 28.8 Å². The topological polar surface area (TPSA) is 37.2 Å². The molecule has 0 saturated heterocycles. The van der Waals surface area contributed by atoms with Gasteiger partial charge >= 0.3 is 0 Å². The second kappa shape index (κ2) is 5.63. The highest BCUT2D eigenvalue weighted by Crippen LogP contribution is 2.23. The van der Waals surface area contributed by atoms with Crippen molar-refractivity contribution in [3.63, 3.8) is 0 Å². The maximum absolute atomic E-state index is 5.89. The van der Waals surface area contributed by atoms with E-state index in [2.05, 4.69) is 10.2 Å². The molecule has 1 heterocycles. The molecule has 1 aliphatic rings. The number of nitrogens with zero attached hydrogens (tertiary/aromatic N) is 3. The number of ether oxygens (including phenoxy) is 1. The fourth-order valence-corrected chi connectivity index (χ4v) is 2.30. The van der Waals surface area contributed by atoms with Gasteiger partial charge in [0.2, 0.25) is 5.11 Å². The Morgan fingerprint density at radius 2 is 2.28 bits per heavy atom. The second-order valence-electron chi connectivity index (χ2n) is 3.99. The molecule has 1 aliphatic heterocycles.